The van der Waals surface area contributed by atoms with Crippen LogP contribution in [-0.2, 0) is 23.9 Å². The Morgan fingerprint density at radius 1 is 0.912 bits per heavy atom. The van der Waals surface area contributed by atoms with Crippen molar-refractivity contribution in [3.8, 4) is 5.75 Å². The molecule has 2 aliphatic rings. The predicted octanol–water partition coefficient (Wildman–Crippen LogP) is 3.63. The Hall–Kier alpha value is -3.87. The zero-order valence-electron chi connectivity index (χ0n) is 19.6. The molecule has 0 aromatic heterocycles. The van der Waals surface area contributed by atoms with E-state index in [9.17, 15) is 14.4 Å². The van der Waals surface area contributed by atoms with Gasteiger partial charge in [-0.2, -0.15) is 0 Å². The summed E-state index contributed by atoms with van der Waals surface area (Å²) in [5.41, 5.74) is 3.68. The summed E-state index contributed by atoms with van der Waals surface area (Å²) >= 11 is 0. The quantitative estimate of drug-likeness (QED) is 0.537. The van der Waals surface area contributed by atoms with Crippen LogP contribution < -0.4 is 10.1 Å². The van der Waals surface area contributed by atoms with Crippen molar-refractivity contribution >= 4 is 17.7 Å². The summed E-state index contributed by atoms with van der Waals surface area (Å²) in [5, 5.41) is 3.27. The maximum absolute atomic E-state index is 14.0. The number of Topliss-reactive ketones (excluding diaryl/α,β-unsaturated/α-hetero) is 1. The molecule has 0 spiro atoms. The number of hydrogen-bond acceptors (Lipinski definition) is 7. The van der Waals surface area contributed by atoms with Crippen molar-refractivity contribution in [2.75, 3.05) is 21.3 Å². The normalized spacial score (nSPS) is 22.0. The lowest BCUT2D eigenvalue weighted by atomic mass is 9.67. The van der Waals surface area contributed by atoms with Crippen LogP contribution in [0.5, 0.6) is 5.75 Å². The summed E-state index contributed by atoms with van der Waals surface area (Å²) < 4.78 is 15.4. The van der Waals surface area contributed by atoms with Gasteiger partial charge in [-0.05, 0) is 36.6 Å². The van der Waals surface area contributed by atoms with Gasteiger partial charge >= 0.3 is 11.9 Å². The monoisotopic (exact) mass is 461 g/mol. The van der Waals surface area contributed by atoms with Gasteiger partial charge in [-0.1, -0.05) is 42.5 Å². The van der Waals surface area contributed by atoms with Crippen LogP contribution >= 0.6 is 0 Å². The molecule has 176 valence electrons. The largest absolute Gasteiger partial charge is 0.497 e. The second-order valence-corrected chi connectivity index (χ2v) is 8.34. The number of dihydropyridines is 1. The first-order chi connectivity index (χ1) is 16.4. The minimum Gasteiger partial charge on any atom is -0.497 e. The van der Waals surface area contributed by atoms with Crippen molar-refractivity contribution in [3.63, 3.8) is 0 Å². The summed E-state index contributed by atoms with van der Waals surface area (Å²) in [6.07, 6.45) is 0.405. The third-order valence-electron chi connectivity index (χ3n) is 6.56. The van der Waals surface area contributed by atoms with Gasteiger partial charge in [0.25, 0.3) is 0 Å². The third kappa shape index (κ3) is 3.98. The number of carbonyl (C=O) groups excluding carboxylic acids is 3. The fraction of sp³-hybridized carbons (Fsp3) is 0.296. The van der Waals surface area contributed by atoms with Gasteiger partial charge in [0.15, 0.2) is 5.78 Å². The summed E-state index contributed by atoms with van der Waals surface area (Å²) in [5.74, 6) is -2.92. The fourth-order valence-electron chi connectivity index (χ4n) is 4.96. The lowest BCUT2D eigenvalue weighted by Gasteiger charge is -2.39. The van der Waals surface area contributed by atoms with Crippen molar-refractivity contribution < 1.29 is 28.6 Å². The van der Waals surface area contributed by atoms with Gasteiger partial charge in [0.2, 0.25) is 0 Å². The molecular formula is C27H27NO6. The molecule has 2 aromatic carbocycles. The average molecular weight is 462 g/mol. The van der Waals surface area contributed by atoms with Crippen LogP contribution in [0.15, 0.2) is 77.1 Å². The number of allylic oxidation sites excluding steroid dienone is 3. The topological polar surface area (TPSA) is 90.9 Å². The molecule has 7 heteroatoms. The molecule has 3 atom stereocenters. The molecule has 0 fully saturated rings. The van der Waals surface area contributed by atoms with Crippen LogP contribution in [0.3, 0.4) is 0 Å². The molecule has 4 rings (SSSR count). The summed E-state index contributed by atoms with van der Waals surface area (Å²) in [6.45, 7) is 1.80. The van der Waals surface area contributed by atoms with Crippen molar-refractivity contribution in [2.45, 2.75) is 25.2 Å². The standard InChI is InChI=1S/C27H27NO6/c1-15-21(26(30)33-3)22(17-8-6-5-7-9-17)24-20(28-15)14-19(23(25(24)29)27(31)34-4)16-10-12-18(32-2)13-11-16/h5-13,19,22-23,28H,14H2,1-4H3/t19-,22+,23-/m1/s1. The minimum absolute atomic E-state index is 0.354. The third-order valence-corrected chi connectivity index (χ3v) is 6.56. The Labute approximate surface area is 198 Å². The van der Waals surface area contributed by atoms with E-state index < -0.39 is 29.7 Å². The van der Waals surface area contributed by atoms with Crippen molar-refractivity contribution in [3.05, 3.63) is 88.3 Å². The van der Waals surface area contributed by atoms with Crippen LogP contribution in [0.1, 0.15) is 36.3 Å². The van der Waals surface area contributed by atoms with Crippen molar-refractivity contribution in [1.29, 1.82) is 0 Å². The number of esters is 2. The molecule has 0 unspecified atom stereocenters. The first-order valence-electron chi connectivity index (χ1n) is 11.0. The Balaban J connectivity index is 1.88. The van der Waals surface area contributed by atoms with Gasteiger partial charge < -0.3 is 19.5 Å². The van der Waals surface area contributed by atoms with Crippen molar-refractivity contribution in [1.82, 2.24) is 5.32 Å². The fourth-order valence-corrected chi connectivity index (χ4v) is 4.96. The molecule has 0 bridgehead atoms. The number of rotatable bonds is 5. The summed E-state index contributed by atoms with van der Waals surface area (Å²) in [7, 11) is 4.17. The number of hydrogen-bond donors (Lipinski definition) is 1. The highest BCUT2D eigenvalue weighted by molar-refractivity contribution is 6.13. The number of ketones is 1. The zero-order chi connectivity index (χ0) is 24.4. The Bertz CT molecular complexity index is 1180. The molecule has 0 saturated heterocycles. The SMILES string of the molecule is COC(=O)C1=C(C)NC2=C(C(=O)[C@H](C(=O)OC)[C@@H](c3ccc(OC)cc3)C2)[C@H]1c1ccccc1. The van der Waals surface area contributed by atoms with E-state index in [1.54, 1.807) is 26.2 Å². The van der Waals surface area contributed by atoms with Crippen LogP contribution in [0.4, 0.5) is 0 Å². The molecule has 34 heavy (non-hydrogen) atoms. The van der Waals surface area contributed by atoms with Crippen molar-refractivity contribution in [2.24, 2.45) is 5.92 Å². The molecule has 1 heterocycles. The predicted molar refractivity (Wildman–Crippen MR) is 125 cm³/mol. The Morgan fingerprint density at radius 2 is 1.59 bits per heavy atom. The molecule has 7 nitrogen and oxygen atoms in total. The summed E-state index contributed by atoms with van der Waals surface area (Å²) in [4.78, 5) is 39.7. The van der Waals surface area contributed by atoms with E-state index in [0.717, 1.165) is 11.1 Å². The first-order valence-corrected chi connectivity index (χ1v) is 11.0. The number of nitrogens with one attached hydrogen (secondary N) is 1. The molecule has 0 saturated carbocycles. The molecular weight excluding hydrogens is 434 g/mol. The van der Waals surface area contributed by atoms with E-state index in [0.29, 0.717) is 34.7 Å². The maximum Gasteiger partial charge on any atom is 0.336 e. The van der Waals surface area contributed by atoms with E-state index in [2.05, 4.69) is 5.32 Å². The highest BCUT2D eigenvalue weighted by Crippen LogP contribution is 2.48. The van der Waals surface area contributed by atoms with Crippen LogP contribution in [-0.4, -0.2) is 39.1 Å². The van der Waals surface area contributed by atoms with Gasteiger partial charge in [0, 0.05) is 28.8 Å². The molecule has 1 aliphatic carbocycles. The second kappa shape index (κ2) is 9.55. The van der Waals surface area contributed by atoms with E-state index in [-0.39, 0.29) is 5.78 Å². The molecule has 1 aliphatic heterocycles. The molecule has 0 amide bonds. The van der Waals surface area contributed by atoms with Gasteiger partial charge in [-0.3, -0.25) is 9.59 Å². The highest BCUT2D eigenvalue weighted by atomic mass is 16.5. The van der Waals surface area contributed by atoms with E-state index in [1.165, 1.54) is 14.2 Å². The van der Waals surface area contributed by atoms with Gasteiger partial charge in [-0.25, -0.2) is 4.79 Å². The molecule has 1 N–H and O–H groups in total. The van der Waals surface area contributed by atoms with E-state index >= 15 is 0 Å². The van der Waals surface area contributed by atoms with E-state index in [1.807, 2.05) is 42.5 Å². The summed E-state index contributed by atoms with van der Waals surface area (Å²) in [6, 6.07) is 16.6. The zero-order valence-corrected chi connectivity index (χ0v) is 19.6. The second-order valence-electron chi connectivity index (χ2n) is 8.34. The Morgan fingerprint density at radius 3 is 2.18 bits per heavy atom. The average Bonchev–Trinajstić information content (AvgIpc) is 2.87. The number of benzene rings is 2. The molecule has 0 radical (unpaired) electrons. The number of ether oxygens (including phenoxy) is 3. The van der Waals surface area contributed by atoms with Crippen LogP contribution in [0, 0.1) is 5.92 Å². The number of carbonyl (C=O) groups is 3. The van der Waals surface area contributed by atoms with Gasteiger partial charge in [0.1, 0.15) is 11.7 Å². The van der Waals surface area contributed by atoms with Gasteiger partial charge in [0.05, 0.1) is 26.9 Å². The molecule has 2 aromatic rings. The van der Waals surface area contributed by atoms with Gasteiger partial charge in [-0.15, -0.1) is 0 Å². The number of methoxy groups -OCH3 is 3. The smallest absolute Gasteiger partial charge is 0.336 e. The lowest BCUT2D eigenvalue weighted by molar-refractivity contribution is -0.150. The first kappa shape index (κ1) is 23.3. The lowest BCUT2D eigenvalue weighted by Crippen LogP contribution is -2.43. The minimum atomic E-state index is -1.04. The van der Waals surface area contributed by atoms with Crippen LogP contribution in [0.25, 0.3) is 0 Å². The highest BCUT2D eigenvalue weighted by Gasteiger charge is 2.48. The Kier molecular flexibility index (Phi) is 6.54. The maximum atomic E-state index is 14.0. The van der Waals surface area contributed by atoms with E-state index in [4.69, 9.17) is 14.2 Å². The van der Waals surface area contributed by atoms with Crippen LogP contribution in [0.2, 0.25) is 0 Å².